The van der Waals surface area contributed by atoms with Crippen LogP contribution < -0.4 is 22.8 Å². The number of aromatic nitrogens is 6. The number of aryl methyl sites for hydroxylation is 2. The summed E-state index contributed by atoms with van der Waals surface area (Å²) >= 11 is 5.08. The van der Waals surface area contributed by atoms with Crippen molar-refractivity contribution < 1.29 is 24.5 Å². The van der Waals surface area contributed by atoms with E-state index < -0.39 is 23.3 Å². The van der Waals surface area contributed by atoms with Crippen LogP contribution in [0.25, 0.3) is 10.1 Å². The van der Waals surface area contributed by atoms with Gasteiger partial charge in [0.05, 0.1) is 12.7 Å². The zero-order chi connectivity index (χ0) is 39.5. The van der Waals surface area contributed by atoms with Gasteiger partial charge in [0.15, 0.2) is 0 Å². The van der Waals surface area contributed by atoms with Gasteiger partial charge in [0.2, 0.25) is 0 Å². The van der Waals surface area contributed by atoms with E-state index in [1.54, 1.807) is 18.4 Å². The summed E-state index contributed by atoms with van der Waals surface area (Å²) < 4.78 is 13.2. The molecule has 0 spiro atoms. The van der Waals surface area contributed by atoms with Gasteiger partial charge in [-0.05, 0) is 83.7 Å². The van der Waals surface area contributed by atoms with Crippen molar-refractivity contribution in [3.05, 3.63) is 88.8 Å². The van der Waals surface area contributed by atoms with Crippen LogP contribution in [0.15, 0.2) is 49.5 Å². The van der Waals surface area contributed by atoms with Crippen molar-refractivity contribution >= 4 is 49.3 Å². The van der Waals surface area contributed by atoms with Crippen molar-refractivity contribution in [2.45, 2.75) is 117 Å². The zero-order valence-corrected chi connectivity index (χ0v) is 33.4. The van der Waals surface area contributed by atoms with Gasteiger partial charge in [-0.15, -0.1) is 11.3 Å². The highest BCUT2D eigenvalue weighted by Gasteiger charge is 2.40. The van der Waals surface area contributed by atoms with Crippen LogP contribution in [-0.4, -0.2) is 85.4 Å². The molecule has 1 aromatic carbocycles. The zero-order valence-electron chi connectivity index (χ0n) is 31.0. The highest BCUT2D eigenvalue weighted by Crippen LogP contribution is 2.37. The molecule has 0 saturated carbocycles. The Balaban J connectivity index is 0.000000257. The predicted octanol–water partition coefficient (Wildman–Crippen LogP) is 3.22. The van der Waals surface area contributed by atoms with Gasteiger partial charge in [-0.3, -0.25) is 14.0 Å². The maximum Gasteiger partial charge on any atom is 0.414 e. The molecule has 0 amide bonds. The number of hydrogen-bond donors (Lipinski definition) is 2. The molecule has 6 rings (SSSR count). The monoisotopic (exact) mass is 833 g/mol. The van der Waals surface area contributed by atoms with Crippen LogP contribution in [0, 0.1) is 13.8 Å². The Kier molecular flexibility index (Phi) is 15.6. The maximum atomic E-state index is 12.6. The van der Waals surface area contributed by atoms with Crippen LogP contribution in [0.3, 0.4) is 0 Å². The van der Waals surface area contributed by atoms with E-state index in [2.05, 4.69) is 61.1 Å². The molecule has 2 bridgehead atoms. The first-order chi connectivity index (χ1) is 25.8. The third-order valence-corrected chi connectivity index (χ3v) is 11.2. The third-order valence-electron chi connectivity index (χ3n) is 9.59. The van der Waals surface area contributed by atoms with E-state index in [-0.39, 0.29) is 11.4 Å². The van der Waals surface area contributed by atoms with Gasteiger partial charge in [0, 0.05) is 59.7 Å². The maximum absolute atomic E-state index is 12.6. The number of carboxylic acid groups (broad SMARTS) is 2. The van der Waals surface area contributed by atoms with E-state index in [0.29, 0.717) is 62.6 Å². The van der Waals surface area contributed by atoms with Crippen LogP contribution in [0.4, 0.5) is 0 Å². The molecule has 2 N–H and O–H groups in total. The number of halogens is 1. The Labute approximate surface area is 323 Å². The SMILES string of the molecule is CCn1c(C)nc(=O)n(CCCBr)c1=O.CCn1c(C)nc(=O)n(CCCN2C3CCC2CC(OCc2cc4ccccc4s2)C3)c1=O.O=C(O)C(=O)O. The fourth-order valence-corrected chi connectivity index (χ4v) is 8.26. The minimum atomic E-state index is -1.82. The van der Waals surface area contributed by atoms with Gasteiger partial charge < -0.3 is 14.9 Å². The molecule has 4 aromatic rings. The Hall–Kier alpha value is -4.26. The Bertz CT molecular complexity index is 2100. The largest absolute Gasteiger partial charge is 0.473 e. The molecule has 2 saturated heterocycles. The number of carboxylic acids is 2. The lowest BCUT2D eigenvalue weighted by Crippen LogP contribution is -2.47. The molecular formula is C36H48BrN7O9S. The number of piperidine rings is 1. The molecule has 294 valence electrons. The molecule has 2 fully saturated rings. The molecule has 54 heavy (non-hydrogen) atoms. The highest BCUT2D eigenvalue weighted by molar-refractivity contribution is 9.09. The Morgan fingerprint density at radius 3 is 1.81 bits per heavy atom. The minimum Gasteiger partial charge on any atom is -0.473 e. The van der Waals surface area contributed by atoms with Crippen LogP contribution in [0.1, 0.15) is 68.9 Å². The van der Waals surface area contributed by atoms with Crippen molar-refractivity contribution in [3.8, 4) is 0 Å². The van der Waals surface area contributed by atoms with Gasteiger partial charge in [0.25, 0.3) is 0 Å². The molecule has 2 aliphatic heterocycles. The average molecular weight is 835 g/mol. The number of thiophene rings is 1. The fourth-order valence-electron chi connectivity index (χ4n) is 7.02. The number of carbonyl (C=O) groups is 2. The summed E-state index contributed by atoms with van der Waals surface area (Å²) in [4.78, 5) is 78.1. The normalized spacial score (nSPS) is 17.8. The van der Waals surface area contributed by atoms with E-state index in [0.717, 1.165) is 37.6 Å². The third kappa shape index (κ3) is 10.7. The van der Waals surface area contributed by atoms with Crippen molar-refractivity contribution in [3.63, 3.8) is 0 Å². The standard InChI is InChI=1S/C25H32N4O3S.C9H14BrN3O2.C2H2O4/c1-3-27-17(2)26-24(30)29(25(27)31)12-6-11-28-19-9-10-20(28)15-21(14-19)32-16-22-13-18-7-4-5-8-23(18)33-22;1-3-12-7(2)11-8(14)13(9(12)15)6-4-5-10;3-1(4)2(5)6/h4-5,7-8,13,19-21H,3,6,9-12,14-16H2,1-2H3;3-6H2,1-2H3;(H,3,4)(H,5,6). The molecule has 2 unspecified atom stereocenters. The lowest BCUT2D eigenvalue weighted by Gasteiger charge is -2.38. The Morgan fingerprint density at radius 1 is 0.815 bits per heavy atom. The molecule has 18 heteroatoms. The number of fused-ring (bicyclic) bond motifs is 3. The van der Waals surface area contributed by atoms with Crippen LogP contribution in [0.5, 0.6) is 0 Å². The first-order valence-electron chi connectivity index (χ1n) is 18.0. The first-order valence-corrected chi connectivity index (χ1v) is 20.0. The lowest BCUT2D eigenvalue weighted by molar-refractivity contribution is -0.159. The van der Waals surface area contributed by atoms with Gasteiger partial charge in [-0.2, -0.15) is 9.97 Å². The molecule has 0 radical (unpaired) electrons. The summed E-state index contributed by atoms with van der Waals surface area (Å²) in [6, 6.07) is 11.8. The van der Waals surface area contributed by atoms with Crippen LogP contribution in [-0.2, 0) is 47.1 Å². The topological polar surface area (TPSA) is 201 Å². The molecule has 2 atom stereocenters. The second-order valence-corrected chi connectivity index (χ2v) is 15.0. The number of hydrogen-bond acceptors (Lipinski definition) is 11. The minimum absolute atomic E-state index is 0.244. The van der Waals surface area contributed by atoms with Gasteiger partial charge in [-0.25, -0.2) is 37.9 Å². The average Bonchev–Trinajstić information content (AvgIpc) is 3.65. The van der Waals surface area contributed by atoms with Crippen molar-refractivity contribution in [1.82, 2.24) is 33.1 Å². The lowest BCUT2D eigenvalue weighted by atomic mass is 9.99. The summed E-state index contributed by atoms with van der Waals surface area (Å²) in [7, 11) is 0. The number of aliphatic carboxylic acids is 2. The smallest absolute Gasteiger partial charge is 0.414 e. The second-order valence-electron chi connectivity index (χ2n) is 13.0. The summed E-state index contributed by atoms with van der Waals surface area (Å²) in [6.45, 7) is 10.6. The summed E-state index contributed by atoms with van der Waals surface area (Å²) in [5.74, 6) is -2.69. The number of nitrogens with zero attached hydrogens (tertiary/aromatic N) is 7. The quantitative estimate of drug-likeness (QED) is 0.156. The molecule has 3 aromatic heterocycles. The summed E-state index contributed by atoms with van der Waals surface area (Å²) in [5, 5.41) is 16.8. The molecule has 5 heterocycles. The van der Waals surface area contributed by atoms with E-state index in [1.165, 1.54) is 41.5 Å². The highest BCUT2D eigenvalue weighted by atomic mass is 79.9. The van der Waals surface area contributed by atoms with Gasteiger partial charge >= 0.3 is 34.7 Å². The molecule has 0 aliphatic carbocycles. The number of alkyl halides is 1. The molecule has 2 aliphatic rings. The van der Waals surface area contributed by atoms with Crippen molar-refractivity contribution in [2.24, 2.45) is 0 Å². The first kappa shape index (κ1) is 42.5. The second kappa shape index (κ2) is 19.9. The van der Waals surface area contributed by atoms with E-state index in [4.69, 9.17) is 24.5 Å². The number of ether oxygens (including phenoxy) is 1. The Morgan fingerprint density at radius 2 is 1.33 bits per heavy atom. The number of benzene rings is 1. The fraction of sp³-hybridized carbons (Fsp3) is 0.556. The van der Waals surface area contributed by atoms with Crippen molar-refractivity contribution in [2.75, 3.05) is 11.9 Å². The van der Waals surface area contributed by atoms with Gasteiger partial charge in [0.1, 0.15) is 11.6 Å². The summed E-state index contributed by atoms with van der Waals surface area (Å²) in [6.07, 6.45) is 6.38. The van der Waals surface area contributed by atoms with Crippen LogP contribution >= 0.6 is 27.3 Å². The van der Waals surface area contributed by atoms with Crippen LogP contribution in [0.2, 0.25) is 0 Å². The molecular weight excluding hydrogens is 786 g/mol. The van der Waals surface area contributed by atoms with Gasteiger partial charge in [-0.1, -0.05) is 34.1 Å². The number of rotatable bonds is 12. The predicted molar refractivity (Wildman–Crippen MR) is 208 cm³/mol. The van der Waals surface area contributed by atoms with E-state index in [9.17, 15) is 19.2 Å². The molecule has 16 nitrogen and oxygen atoms in total. The van der Waals surface area contributed by atoms with E-state index in [1.807, 2.05) is 25.2 Å². The van der Waals surface area contributed by atoms with Crippen molar-refractivity contribution in [1.29, 1.82) is 0 Å². The van der Waals surface area contributed by atoms with E-state index >= 15 is 0 Å². The summed E-state index contributed by atoms with van der Waals surface area (Å²) in [5.41, 5.74) is -1.40.